The van der Waals surface area contributed by atoms with Gasteiger partial charge in [0.15, 0.2) is 0 Å². The van der Waals surface area contributed by atoms with E-state index in [9.17, 15) is 18.4 Å². The van der Waals surface area contributed by atoms with Crippen molar-refractivity contribution in [2.24, 2.45) is 0 Å². The molecule has 2 heterocycles. The van der Waals surface area contributed by atoms with E-state index in [-0.39, 0.29) is 41.1 Å². The normalized spacial score (nSPS) is 20.8. The number of amides is 1. The first-order valence-electron chi connectivity index (χ1n) is 8.61. The van der Waals surface area contributed by atoms with Crippen molar-refractivity contribution in [3.63, 3.8) is 0 Å². The molecule has 0 saturated carbocycles. The molecule has 2 N–H and O–H groups in total. The molecule has 1 aromatic heterocycles. The number of fused-ring (bicyclic) bond motifs is 1. The number of nitrogens with zero attached hydrogens (tertiary/aromatic N) is 2. The maximum atomic E-state index is 12.4. The smallest absolute Gasteiger partial charge is 0.289 e. The van der Waals surface area contributed by atoms with Crippen molar-refractivity contribution in [3.8, 4) is 11.6 Å². The predicted molar refractivity (Wildman–Crippen MR) is 97.0 cm³/mol. The Morgan fingerprint density at radius 2 is 2.00 bits per heavy atom. The topological polar surface area (TPSA) is 127 Å². The van der Waals surface area contributed by atoms with Gasteiger partial charge in [-0.1, -0.05) is 10.9 Å². The second-order valence-corrected chi connectivity index (χ2v) is 7.96. The molecule has 1 aromatic carbocycles. The number of hydrogen-bond donors (Lipinski definition) is 2. The molecule has 0 radical (unpaired) electrons. The van der Waals surface area contributed by atoms with Gasteiger partial charge in [-0.15, -0.1) is 5.17 Å². The second-order valence-electron chi connectivity index (χ2n) is 6.30. The summed E-state index contributed by atoms with van der Waals surface area (Å²) in [5, 5.41) is 9.87. The van der Waals surface area contributed by atoms with Crippen LogP contribution < -0.4 is 9.57 Å². The lowest BCUT2D eigenvalue weighted by atomic mass is 10.2. The van der Waals surface area contributed by atoms with Crippen LogP contribution in [0, 0.1) is 0 Å². The molecule has 152 valence electrons. The molecule has 29 heavy (non-hydrogen) atoms. The highest BCUT2D eigenvalue weighted by molar-refractivity contribution is 7.89. The van der Waals surface area contributed by atoms with Gasteiger partial charge in [-0.25, -0.2) is 13.4 Å². The maximum Gasteiger partial charge on any atom is 0.289 e. The molecule has 2 aliphatic rings. The van der Waals surface area contributed by atoms with Crippen LogP contribution in [0.1, 0.15) is 6.42 Å². The summed E-state index contributed by atoms with van der Waals surface area (Å²) in [6.45, 7) is 0.142. The van der Waals surface area contributed by atoms with Gasteiger partial charge < -0.3 is 14.2 Å². The molecule has 1 aliphatic heterocycles. The summed E-state index contributed by atoms with van der Waals surface area (Å²) in [6, 6.07) is 10.6. The molecule has 2 aromatic rings. The summed E-state index contributed by atoms with van der Waals surface area (Å²) in [5.74, 6) is -0.163. The van der Waals surface area contributed by atoms with Crippen LogP contribution in [0.25, 0.3) is 0 Å². The van der Waals surface area contributed by atoms with Gasteiger partial charge >= 0.3 is 0 Å². The lowest BCUT2D eigenvalue weighted by Gasteiger charge is -2.17. The van der Waals surface area contributed by atoms with Crippen LogP contribution in [-0.4, -0.2) is 48.7 Å². The van der Waals surface area contributed by atoms with Crippen molar-refractivity contribution >= 4 is 15.9 Å². The van der Waals surface area contributed by atoms with E-state index in [1.807, 2.05) is 4.83 Å². The molecule has 0 spiro atoms. The standard InChI is InChI=1S/C18H17N3O7S/c22-18(12-9-15-16(10-12)27-11-26-15)21(23)20-29(24,25)14-6-4-13(5-7-14)28-17-3-1-2-8-19-17/h1-9,15-16,20,23H,10-11H2. The average molecular weight is 419 g/mol. The highest BCUT2D eigenvalue weighted by Gasteiger charge is 2.38. The molecule has 1 aliphatic carbocycles. The highest BCUT2D eigenvalue weighted by Crippen LogP contribution is 2.29. The Morgan fingerprint density at radius 1 is 1.21 bits per heavy atom. The van der Waals surface area contributed by atoms with Crippen LogP contribution in [-0.2, 0) is 24.3 Å². The first-order valence-corrected chi connectivity index (χ1v) is 10.1. The van der Waals surface area contributed by atoms with E-state index in [1.54, 1.807) is 24.4 Å². The van der Waals surface area contributed by atoms with E-state index in [0.29, 0.717) is 11.6 Å². The Kier molecular flexibility index (Phi) is 5.30. The lowest BCUT2D eigenvalue weighted by molar-refractivity contribution is -0.167. The molecule has 4 rings (SSSR count). The maximum absolute atomic E-state index is 12.4. The largest absolute Gasteiger partial charge is 0.439 e. The van der Waals surface area contributed by atoms with Crippen molar-refractivity contribution in [1.29, 1.82) is 0 Å². The summed E-state index contributed by atoms with van der Waals surface area (Å²) in [6.07, 6.45) is 2.63. The van der Waals surface area contributed by atoms with Crippen molar-refractivity contribution in [3.05, 3.63) is 60.3 Å². The minimum atomic E-state index is -4.20. The van der Waals surface area contributed by atoms with Crippen LogP contribution in [0.5, 0.6) is 11.6 Å². The number of carbonyl (C=O) groups excluding carboxylic acids is 1. The molecule has 0 bridgehead atoms. The number of carbonyl (C=O) groups is 1. The summed E-state index contributed by atoms with van der Waals surface area (Å²) < 4.78 is 40.9. The molecule has 1 fully saturated rings. The Morgan fingerprint density at radius 3 is 2.69 bits per heavy atom. The first-order chi connectivity index (χ1) is 13.9. The fourth-order valence-corrected chi connectivity index (χ4v) is 3.85. The van der Waals surface area contributed by atoms with Gasteiger partial charge in [-0.2, -0.15) is 0 Å². The van der Waals surface area contributed by atoms with Crippen molar-refractivity contribution < 1.29 is 32.6 Å². The van der Waals surface area contributed by atoms with Crippen LogP contribution in [0.4, 0.5) is 0 Å². The Bertz CT molecular complexity index is 1030. The second kappa shape index (κ2) is 7.89. The van der Waals surface area contributed by atoms with E-state index in [4.69, 9.17) is 14.2 Å². The van der Waals surface area contributed by atoms with Gasteiger partial charge in [-0.3, -0.25) is 10.0 Å². The van der Waals surface area contributed by atoms with Gasteiger partial charge in [0.05, 0.1) is 11.0 Å². The highest BCUT2D eigenvalue weighted by atomic mass is 32.2. The average Bonchev–Trinajstić information content (AvgIpc) is 3.30. The SMILES string of the molecule is O=C(C1=CC2OCOC2C1)N(O)NS(=O)(=O)c1ccc(Oc2ccccn2)cc1. The minimum absolute atomic E-state index is 0.0550. The molecule has 2 atom stereocenters. The van der Waals surface area contributed by atoms with Crippen LogP contribution in [0.2, 0.25) is 0 Å². The summed E-state index contributed by atoms with van der Waals surface area (Å²) in [4.78, 5) is 17.9. The molecule has 1 amide bonds. The number of hydrazine groups is 1. The third-order valence-electron chi connectivity index (χ3n) is 4.36. The predicted octanol–water partition coefficient (Wildman–Crippen LogP) is 1.36. The molecular formula is C18H17N3O7S. The third-order valence-corrected chi connectivity index (χ3v) is 5.67. The third kappa shape index (κ3) is 4.28. The van der Waals surface area contributed by atoms with E-state index >= 15 is 0 Å². The summed E-state index contributed by atoms with van der Waals surface area (Å²) in [5.41, 5.74) is 0.198. The molecular weight excluding hydrogens is 402 g/mol. The zero-order valence-corrected chi connectivity index (χ0v) is 15.8. The number of benzene rings is 1. The first kappa shape index (κ1) is 19.5. The van der Waals surface area contributed by atoms with Crippen LogP contribution in [0.15, 0.2) is 65.2 Å². The van der Waals surface area contributed by atoms with Gasteiger partial charge in [0.2, 0.25) is 5.88 Å². The van der Waals surface area contributed by atoms with Crippen LogP contribution >= 0.6 is 0 Å². The number of rotatable bonds is 6. The van der Waals surface area contributed by atoms with Crippen LogP contribution in [0.3, 0.4) is 0 Å². The summed E-state index contributed by atoms with van der Waals surface area (Å²) in [7, 11) is -4.20. The number of ether oxygens (including phenoxy) is 3. The number of pyridine rings is 1. The minimum Gasteiger partial charge on any atom is -0.439 e. The Hall–Kier alpha value is -2.83. The van der Waals surface area contributed by atoms with Gasteiger partial charge in [-0.05, 0) is 36.4 Å². The fraction of sp³-hybridized carbons (Fsp3) is 0.222. The molecule has 1 saturated heterocycles. The van der Waals surface area contributed by atoms with Crippen molar-refractivity contribution in [2.75, 3.05) is 6.79 Å². The number of hydrogen-bond acceptors (Lipinski definition) is 8. The van der Waals surface area contributed by atoms with Crippen molar-refractivity contribution in [1.82, 2.24) is 15.0 Å². The van der Waals surface area contributed by atoms with Gasteiger partial charge in [0.1, 0.15) is 18.6 Å². The quantitative estimate of drug-likeness (QED) is 0.531. The van der Waals surface area contributed by atoms with Gasteiger partial charge in [0, 0.05) is 24.3 Å². The number of sulfonamides is 1. The van der Waals surface area contributed by atoms with Crippen molar-refractivity contribution in [2.45, 2.75) is 23.5 Å². The zero-order valence-electron chi connectivity index (χ0n) is 15.0. The number of nitrogens with one attached hydrogen (secondary N) is 1. The molecule has 11 heteroatoms. The van der Waals surface area contributed by atoms with E-state index in [0.717, 1.165) is 0 Å². The number of aromatic nitrogens is 1. The zero-order chi connectivity index (χ0) is 20.4. The van der Waals surface area contributed by atoms with E-state index in [1.165, 1.54) is 30.3 Å². The summed E-state index contributed by atoms with van der Waals surface area (Å²) >= 11 is 0. The lowest BCUT2D eigenvalue weighted by Crippen LogP contribution is -2.44. The molecule has 10 nitrogen and oxygen atoms in total. The Labute approximate surface area is 166 Å². The van der Waals surface area contributed by atoms with Gasteiger partial charge in [0.25, 0.3) is 15.9 Å². The van der Waals surface area contributed by atoms with E-state index < -0.39 is 15.9 Å². The fourth-order valence-electron chi connectivity index (χ4n) is 2.94. The Balaban J connectivity index is 1.41. The monoisotopic (exact) mass is 419 g/mol. The number of hydroxylamine groups is 1. The van der Waals surface area contributed by atoms with E-state index in [2.05, 4.69) is 4.98 Å². The molecule has 2 unspecified atom stereocenters.